The Hall–Kier alpha value is -2.67. The molecule has 23 heavy (non-hydrogen) atoms. The molecule has 1 aromatic carbocycles. The Labute approximate surface area is 133 Å². The van der Waals surface area contributed by atoms with E-state index in [0.29, 0.717) is 26.1 Å². The SMILES string of the molecule is Cn1c(=O)[nH]cc(C(=O)N(CCCN)Cc2ccccc2)c1=O. The molecule has 7 heteroatoms. The minimum Gasteiger partial charge on any atom is -0.334 e. The molecule has 0 aliphatic carbocycles. The molecule has 2 aromatic rings. The van der Waals surface area contributed by atoms with E-state index in [2.05, 4.69) is 4.98 Å². The van der Waals surface area contributed by atoms with Crippen molar-refractivity contribution in [2.24, 2.45) is 12.8 Å². The van der Waals surface area contributed by atoms with Crippen molar-refractivity contribution in [2.45, 2.75) is 13.0 Å². The van der Waals surface area contributed by atoms with Gasteiger partial charge in [0.2, 0.25) is 0 Å². The van der Waals surface area contributed by atoms with Crippen LogP contribution in [0.5, 0.6) is 0 Å². The Morgan fingerprint density at radius 2 is 1.96 bits per heavy atom. The molecule has 3 N–H and O–H groups in total. The number of hydrogen-bond acceptors (Lipinski definition) is 4. The van der Waals surface area contributed by atoms with Crippen LogP contribution in [0.15, 0.2) is 46.1 Å². The van der Waals surface area contributed by atoms with Crippen LogP contribution in [0.2, 0.25) is 0 Å². The fourth-order valence-corrected chi connectivity index (χ4v) is 2.23. The van der Waals surface area contributed by atoms with Crippen LogP contribution >= 0.6 is 0 Å². The normalized spacial score (nSPS) is 10.5. The van der Waals surface area contributed by atoms with E-state index in [0.717, 1.165) is 10.1 Å². The number of aromatic amines is 1. The zero-order valence-electron chi connectivity index (χ0n) is 13.0. The van der Waals surface area contributed by atoms with Crippen LogP contribution in [0.1, 0.15) is 22.3 Å². The third kappa shape index (κ3) is 3.95. The zero-order chi connectivity index (χ0) is 16.8. The average Bonchev–Trinajstić information content (AvgIpc) is 2.57. The van der Waals surface area contributed by atoms with Gasteiger partial charge in [0.15, 0.2) is 0 Å². The summed E-state index contributed by atoms with van der Waals surface area (Å²) in [5.41, 5.74) is 5.27. The lowest BCUT2D eigenvalue weighted by atomic mass is 10.2. The second-order valence-electron chi connectivity index (χ2n) is 5.23. The molecule has 0 radical (unpaired) electrons. The van der Waals surface area contributed by atoms with Crippen LogP contribution in [0.3, 0.4) is 0 Å². The lowest BCUT2D eigenvalue weighted by molar-refractivity contribution is 0.0739. The molecule has 7 nitrogen and oxygen atoms in total. The first-order valence-corrected chi connectivity index (χ1v) is 7.36. The van der Waals surface area contributed by atoms with Gasteiger partial charge in [-0.15, -0.1) is 0 Å². The van der Waals surface area contributed by atoms with E-state index in [1.165, 1.54) is 13.2 Å². The average molecular weight is 316 g/mol. The van der Waals surface area contributed by atoms with Crippen molar-refractivity contribution in [2.75, 3.05) is 13.1 Å². The minimum absolute atomic E-state index is 0.0555. The van der Waals surface area contributed by atoms with E-state index in [4.69, 9.17) is 5.73 Å². The van der Waals surface area contributed by atoms with E-state index in [1.807, 2.05) is 30.3 Å². The fourth-order valence-electron chi connectivity index (χ4n) is 2.23. The second kappa shape index (κ2) is 7.55. The van der Waals surface area contributed by atoms with Gasteiger partial charge < -0.3 is 15.6 Å². The number of nitrogens with one attached hydrogen (secondary N) is 1. The first-order chi connectivity index (χ1) is 11.0. The highest BCUT2D eigenvalue weighted by molar-refractivity contribution is 5.93. The largest absolute Gasteiger partial charge is 0.334 e. The summed E-state index contributed by atoms with van der Waals surface area (Å²) in [7, 11) is 1.33. The van der Waals surface area contributed by atoms with Gasteiger partial charge in [-0.3, -0.25) is 14.2 Å². The summed E-state index contributed by atoms with van der Waals surface area (Å²) < 4.78 is 0.886. The third-order valence-corrected chi connectivity index (χ3v) is 3.55. The van der Waals surface area contributed by atoms with Crippen LogP contribution < -0.4 is 17.0 Å². The summed E-state index contributed by atoms with van der Waals surface area (Å²) in [6.07, 6.45) is 1.80. The standard InChI is InChI=1S/C16H20N4O3/c1-19-14(21)13(10-18-16(19)23)15(22)20(9-5-8-17)11-12-6-3-2-4-7-12/h2-4,6-7,10H,5,8-9,11,17H2,1H3,(H,18,23). The number of H-pyrrole nitrogens is 1. The number of carbonyl (C=O) groups excluding carboxylic acids is 1. The van der Waals surface area contributed by atoms with Crippen LogP contribution in [0.4, 0.5) is 0 Å². The molecule has 0 aliphatic heterocycles. The summed E-state index contributed by atoms with van der Waals surface area (Å²) in [6, 6.07) is 9.49. The summed E-state index contributed by atoms with van der Waals surface area (Å²) in [5, 5.41) is 0. The summed E-state index contributed by atoms with van der Waals surface area (Å²) in [5.74, 6) is -0.417. The van der Waals surface area contributed by atoms with Crippen LogP contribution in [-0.2, 0) is 13.6 Å². The highest BCUT2D eigenvalue weighted by atomic mass is 16.2. The topological polar surface area (TPSA) is 101 Å². The Morgan fingerprint density at radius 1 is 1.26 bits per heavy atom. The van der Waals surface area contributed by atoms with Gasteiger partial charge in [0.05, 0.1) is 0 Å². The Bertz CT molecular complexity index is 780. The first-order valence-electron chi connectivity index (χ1n) is 7.36. The number of nitrogens with zero attached hydrogens (tertiary/aromatic N) is 2. The molecule has 0 spiro atoms. The third-order valence-electron chi connectivity index (χ3n) is 3.55. The van der Waals surface area contributed by atoms with Gasteiger partial charge >= 0.3 is 5.69 Å². The zero-order valence-corrected chi connectivity index (χ0v) is 13.0. The number of amides is 1. The lowest BCUT2D eigenvalue weighted by Crippen LogP contribution is -2.41. The molecule has 0 atom stereocenters. The summed E-state index contributed by atoms with van der Waals surface area (Å²) in [4.78, 5) is 40.2. The molecule has 0 fully saturated rings. The maximum absolute atomic E-state index is 12.7. The van der Waals surface area contributed by atoms with E-state index < -0.39 is 17.2 Å². The minimum atomic E-state index is -0.607. The van der Waals surface area contributed by atoms with Crippen LogP contribution in [-0.4, -0.2) is 33.4 Å². The smallest absolute Gasteiger partial charge is 0.328 e. The van der Waals surface area contributed by atoms with Crippen LogP contribution in [0, 0.1) is 0 Å². The highest BCUT2D eigenvalue weighted by Crippen LogP contribution is 2.08. The Balaban J connectivity index is 2.31. The molecule has 0 unspecified atom stereocenters. The first kappa shape index (κ1) is 16.7. The van der Waals surface area contributed by atoms with Gasteiger partial charge in [-0.1, -0.05) is 30.3 Å². The predicted molar refractivity (Wildman–Crippen MR) is 87.2 cm³/mol. The number of carbonyl (C=O) groups is 1. The van der Waals surface area contributed by atoms with Crippen molar-refractivity contribution in [3.05, 3.63) is 68.5 Å². The van der Waals surface area contributed by atoms with E-state index >= 15 is 0 Å². The van der Waals surface area contributed by atoms with Crippen molar-refractivity contribution in [1.29, 1.82) is 0 Å². The van der Waals surface area contributed by atoms with Crippen molar-refractivity contribution in [3.63, 3.8) is 0 Å². The van der Waals surface area contributed by atoms with Gasteiger partial charge in [0.25, 0.3) is 11.5 Å². The number of hydrogen-bond donors (Lipinski definition) is 2. The van der Waals surface area contributed by atoms with Gasteiger partial charge in [0.1, 0.15) is 5.56 Å². The molecule has 1 heterocycles. The molecule has 0 saturated heterocycles. The number of rotatable bonds is 6. The molecule has 1 aromatic heterocycles. The number of aromatic nitrogens is 2. The Morgan fingerprint density at radius 3 is 2.61 bits per heavy atom. The molecule has 2 rings (SSSR count). The summed E-state index contributed by atoms with van der Waals surface area (Å²) in [6.45, 7) is 1.26. The van der Waals surface area contributed by atoms with Crippen molar-refractivity contribution in [3.8, 4) is 0 Å². The monoisotopic (exact) mass is 316 g/mol. The maximum atomic E-state index is 12.7. The lowest BCUT2D eigenvalue weighted by Gasteiger charge is -2.22. The Kier molecular flexibility index (Phi) is 5.48. The van der Waals surface area contributed by atoms with Gasteiger partial charge in [-0.05, 0) is 18.5 Å². The summed E-state index contributed by atoms with van der Waals surface area (Å²) >= 11 is 0. The quantitative estimate of drug-likeness (QED) is 0.787. The predicted octanol–water partition coefficient (Wildman–Crippen LogP) is 0.0648. The highest BCUT2D eigenvalue weighted by Gasteiger charge is 2.20. The molecule has 0 saturated carbocycles. The molecule has 0 aliphatic rings. The van der Waals surface area contributed by atoms with Crippen molar-refractivity contribution < 1.29 is 4.79 Å². The number of benzene rings is 1. The molecule has 122 valence electrons. The second-order valence-corrected chi connectivity index (χ2v) is 5.23. The molecular formula is C16H20N4O3. The van der Waals surface area contributed by atoms with E-state index in [9.17, 15) is 14.4 Å². The van der Waals surface area contributed by atoms with Crippen molar-refractivity contribution in [1.82, 2.24) is 14.5 Å². The molecular weight excluding hydrogens is 296 g/mol. The van der Waals surface area contributed by atoms with Gasteiger partial charge in [0, 0.05) is 26.3 Å². The molecule has 0 bridgehead atoms. The van der Waals surface area contributed by atoms with Gasteiger partial charge in [-0.2, -0.15) is 0 Å². The van der Waals surface area contributed by atoms with E-state index in [-0.39, 0.29) is 5.56 Å². The van der Waals surface area contributed by atoms with Crippen LogP contribution in [0.25, 0.3) is 0 Å². The maximum Gasteiger partial charge on any atom is 0.328 e. The van der Waals surface area contributed by atoms with Gasteiger partial charge in [-0.25, -0.2) is 4.79 Å². The molecule has 1 amide bonds. The number of nitrogens with two attached hydrogens (primary N) is 1. The van der Waals surface area contributed by atoms with Crippen molar-refractivity contribution >= 4 is 5.91 Å². The van der Waals surface area contributed by atoms with E-state index in [1.54, 1.807) is 4.90 Å². The fraction of sp³-hybridized carbons (Fsp3) is 0.312.